The molecule has 1 aromatic carbocycles. The molecule has 7 nitrogen and oxygen atoms in total. The van der Waals surface area contributed by atoms with Crippen LogP contribution < -0.4 is 5.32 Å². The largest absolute Gasteiger partial charge is 0.463 e. The van der Waals surface area contributed by atoms with Crippen molar-refractivity contribution in [1.82, 2.24) is 20.0 Å². The molecular weight excluding hydrogens is 423 g/mol. The van der Waals surface area contributed by atoms with Gasteiger partial charge in [0.15, 0.2) is 5.76 Å². The number of carbonyl (C=O) groups is 2. The maximum Gasteiger partial charge on any atom is 0.273 e. The second-order valence-electron chi connectivity index (χ2n) is 9.11. The lowest BCUT2D eigenvalue weighted by atomic mass is 9.91. The maximum atomic E-state index is 14.5. The SMILES string of the molecule is C[C@@]1(C(=O)NC2CCCCC2)Cn2nc(-c3ccco3)cc2C(=O)N1Cc1ccccc1F. The molecule has 8 heteroatoms. The third-order valence-corrected chi connectivity index (χ3v) is 6.79. The summed E-state index contributed by atoms with van der Waals surface area (Å²) in [5.74, 6) is -0.467. The topological polar surface area (TPSA) is 80.4 Å². The minimum absolute atomic E-state index is 0.0125. The molecule has 0 radical (unpaired) electrons. The van der Waals surface area contributed by atoms with Gasteiger partial charge in [0.1, 0.15) is 22.7 Å². The van der Waals surface area contributed by atoms with Crippen molar-refractivity contribution in [2.24, 2.45) is 0 Å². The highest BCUT2D eigenvalue weighted by atomic mass is 19.1. The lowest BCUT2D eigenvalue weighted by Gasteiger charge is -2.44. The van der Waals surface area contributed by atoms with Gasteiger partial charge < -0.3 is 14.6 Å². The molecule has 2 aliphatic rings. The van der Waals surface area contributed by atoms with Gasteiger partial charge in [-0.15, -0.1) is 0 Å². The Kier molecular flexibility index (Phi) is 5.52. The van der Waals surface area contributed by atoms with Gasteiger partial charge in [0, 0.05) is 17.7 Å². The van der Waals surface area contributed by atoms with E-state index in [2.05, 4.69) is 10.4 Å². The number of rotatable bonds is 5. The highest BCUT2D eigenvalue weighted by Crippen LogP contribution is 2.32. The summed E-state index contributed by atoms with van der Waals surface area (Å²) in [6.45, 7) is 1.89. The molecule has 3 heterocycles. The first-order valence-corrected chi connectivity index (χ1v) is 11.4. The Labute approximate surface area is 191 Å². The highest BCUT2D eigenvalue weighted by molar-refractivity contribution is 6.00. The molecule has 1 atom stereocenters. The standard InChI is InChI=1S/C25H27FN4O3/c1-25(24(32)27-18-9-3-2-4-10-18)16-30-21(14-20(28-30)22-12-7-13-33-22)23(31)29(25)15-17-8-5-6-11-19(17)26/h5-8,11-14,18H,2-4,9-10,15-16H2,1H3,(H,27,32)/t25-/m0/s1. The fourth-order valence-corrected chi connectivity index (χ4v) is 4.82. The summed E-state index contributed by atoms with van der Waals surface area (Å²) < 4.78 is 21.5. The Morgan fingerprint density at radius 1 is 1.21 bits per heavy atom. The average Bonchev–Trinajstić information content (AvgIpc) is 3.48. The number of nitrogens with zero attached hydrogens (tertiary/aromatic N) is 3. The molecule has 3 aromatic rings. The summed E-state index contributed by atoms with van der Waals surface area (Å²) in [6, 6.07) is 11.6. The molecule has 0 unspecified atom stereocenters. The number of nitrogens with one attached hydrogen (secondary N) is 1. The highest BCUT2D eigenvalue weighted by Gasteiger charge is 2.48. The van der Waals surface area contributed by atoms with Crippen LogP contribution in [-0.2, 0) is 17.9 Å². The zero-order chi connectivity index (χ0) is 23.0. The van der Waals surface area contributed by atoms with Crippen LogP contribution in [0.2, 0.25) is 0 Å². The first kappa shape index (κ1) is 21.4. The molecule has 0 bridgehead atoms. The summed E-state index contributed by atoms with van der Waals surface area (Å²) in [7, 11) is 0. The summed E-state index contributed by atoms with van der Waals surface area (Å²) in [5, 5.41) is 7.71. The van der Waals surface area contributed by atoms with Crippen LogP contribution in [0, 0.1) is 5.82 Å². The van der Waals surface area contributed by atoms with Gasteiger partial charge in [0.05, 0.1) is 19.4 Å². The van der Waals surface area contributed by atoms with Crippen LogP contribution in [0.1, 0.15) is 55.1 Å². The van der Waals surface area contributed by atoms with Gasteiger partial charge in [-0.3, -0.25) is 14.3 Å². The van der Waals surface area contributed by atoms with E-state index in [0.29, 0.717) is 22.7 Å². The second-order valence-corrected chi connectivity index (χ2v) is 9.11. The van der Waals surface area contributed by atoms with Gasteiger partial charge in [-0.2, -0.15) is 5.10 Å². The van der Waals surface area contributed by atoms with E-state index < -0.39 is 11.4 Å². The monoisotopic (exact) mass is 450 g/mol. The number of halogens is 1. The number of furan rings is 1. The predicted molar refractivity (Wildman–Crippen MR) is 120 cm³/mol. The zero-order valence-electron chi connectivity index (χ0n) is 18.6. The minimum Gasteiger partial charge on any atom is -0.463 e. The molecule has 2 aromatic heterocycles. The zero-order valence-corrected chi connectivity index (χ0v) is 18.6. The smallest absolute Gasteiger partial charge is 0.273 e. The quantitative estimate of drug-likeness (QED) is 0.633. The molecular formula is C25H27FN4O3. The molecule has 1 N–H and O–H groups in total. The Morgan fingerprint density at radius 2 is 2.00 bits per heavy atom. The Bertz CT molecular complexity index is 1170. The molecule has 33 heavy (non-hydrogen) atoms. The number of benzene rings is 1. The van der Waals surface area contributed by atoms with Crippen molar-refractivity contribution in [3.05, 3.63) is 65.8 Å². The van der Waals surface area contributed by atoms with Crippen LogP contribution in [0.3, 0.4) is 0 Å². The van der Waals surface area contributed by atoms with Crippen molar-refractivity contribution < 1.29 is 18.4 Å². The van der Waals surface area contributed by atoms with Gasteiger partial charge in [-0.25, -0.2) is 4.39 Å². The van der Waals surface area contributed by atoms with Gasteiger partial charge in [0.25, 0.3) is 5.91 Å². The number of hydrogen-bond donors (Lipinski definition) is 1. The van der Waals surface area contributed by atoms with E-state index in [4.69, 9.17) is 4.42 Å². The van der Waals surface area contributed by atoms with Crippen LogP contribution in [0.25, 0.3) is 11.5 Å². The fourth-order valence-electron chi connectivity index (χ4n) is 4.82. The van der Waals surface area contributed by atoms with E-state index >= 15 is 0 Å². The summed E-state index contributed by atoms with van der Waals surface area (Å²) >= 11 is 0. The third kappa shape index (κ3) is 3.94. The van der Waals surface area contributed by atoms with Crippen molar-refractivity contribution in [1.29, 1.82) is 0 Å². The van der Waals surface area contributed by atoms with Crippen LogP contribution in [0.4, 0.5) is 4.39 Å². The first-order chi connectivity index (χ1) is 16.0. The van der Waals surface area contributed by atoms with Crippen molar-refractivity contribution >= 4 is 11.8 Å². The van der Waals surface area contributed by atoms with E-state index in [0.717, 1.165) is 25.7 Å². The third-order valence-electron chi connectivity index (χ3n) is 6.79. The maximum absolute atomic E-state index is 14.5. The van der Waals surface area contributed by atoms with E-state index in [1.807, 2.05) is 0 Å². The Balaban J connectivity index is 1.52. The average molecular weight is 451 g/mol. The lowest BCUT2D eigenvalue weighted by molar-refractivity contribution is -0.134. The van der Waals surface area contributed by atoms with Crippen LogP contribution in [-0.4, -0.2) is 38.1 Å². The lowest BCUT2D eigenvalue weighted by Crippen LogP contribution is -2.64. The van der Waals surface area contributed by atoms with Crippen LogP contribution >= 0.6 is 0 Å². The molecule has 172 valence electrons. The van der Waals surface area contributed by atoms with Gasteiger partial charge in [-0.05, 0) is 38.0 Å². The normalized spacial score (nSPS) is 21.2. The molecule has 1 aliphatic carbocycles. The molecule has 2 amide bonds. The number of aromatic nitrogens is 2. The van der Waals surface area contributed by atoms with E-state index in [-0.39, 0.29) is 30.9 Å². The van der Waals surface area contributed by atoms with Crippen LogP contribution in [0.15, 0.2) is 53.1 Å². The Morgan fingerprint density at radius 3 is 2.73 bits per heavy atom. The summed E-state index contributed by atoms with van der Waals surface area (Å²) in [4.78, 5) is 28.7. The van der Waals surface area contributed by atoms with Gasteiger partial charge in [0.2, 0.25) is 5.91 Å². The molecule has 1 aliphatic heterocycles. The van der Waals surface area contributed by atoms with Crippen LogP contribution in [0.5, 0.6) is 0 Å². The van der Waals surface area contributed by atoms with Crippen molar-refractivity contribution in [3.63, 3.8) is 0 Å². The Hall–Kier alpha value is -3.42. The van der Waals surface area contributed by atoms with Gasteiger partial charge >= 0.3 is 0 Å². The molecule has 1 fully saturated rings. The number of hydrogen-bond acceptors (Lipinski definition) is 4. The summed E-state index contributed by atoms with van der Waals surface area (Å²) in [6.07, 6.45) is 6.73. The van der Waals surface area contributed by atoms with Crippen molar-refractivity contribution in [2.45, 2.75) is 63.7 Å². The fraction of sp³-hybridized carbons (Fsp3) is 0.400. The van der Waals surface area contributed by atoms with Crippen molar-refractivity contribution in [3.8, 4) is 11.5 Å². The number of carbonyl (C=O) groups excluding carboxylic acids is 2. The van der Waals surface area contributed by atoms with Crippen molar-refractivity contribution in [2.75, 3.05) is 0 Å². The summed E-state index contributed by atoms with van der Waals surface area (Å²) in [5.41, 5.74) is 0.00424. The first-order valence-electron chi connectivity index (χ1n) is 11.4. The van der Waals surface area contributed by atoms with Gasteiger partial charge in [-0.1, -0.05) is 37.5 Å². The van der Waals surface area contributed by atoms with E-state index in [1.165, 1.54) is 17.4 Å². The van der Waals surface area contributed by atoms with E-state index in [9.17, 15) is 14.0 Å². The number of fused-ring (bicyclic) bond motifs is 1. The molecule has 0 saturated heterocycles. The molecule has 0 spiro atoms. The molecule has 1 saturated carbocycles. The number of amides is 2. The second kappa shape index (κ2) is 8.50. The van der Waals surface area contributed by atoms with E-state index in [1.54, 1.807) is 54.3 Å². The minimum atomic E-state index is -1.23. The molecule has 5 rings (SSSR count). The predicted octanol–water partition coefficient (Wildman–Crippen LogP) is 4.15.